The molecule has 0 unspecified atom stereocenters. The zero-order valence-corrected chi connectivity index (χ0v) is 11.0. The van der Waals surface area contributed by atoms with E-state index in [9.17, 15) is 5.11 Å². The van der Waals surface area contributed by atoms with Crippen LogP contribution in [0.3, 0.4) is 0 Å². The fraction of sp³-hybridized carbons (Fsp3) is 0.500. The molecule has 0 aliphatic carbocycles. The largest absolute Gasteiger partial charge is 0.396 e. The monoisotopic (exact) mass is 265 g/mol. The molecule has 96 valence electrons. The summed E-state index contributed by atoms with van der Waals surface area (Å²) in [5, 5.41) is 16.9. The van der Waals surface area contributed by atoms with Crippen LogP contribution in [0.1, 0.15) is 27.9 Å². The van der Waals surface area contributed by atoms with E-state index in [0.29, 0.717) is 19.8 Å². The molecule has 2 aromatic heterocycles. The number of aromatic nitrogens is 3. The van der Waals surface area contributed by atoms with Gasteiger partial charge >= 0.3 is 0 Å². The maximum atomic E-state index is 9.31. The van der Waals surface area contributed by atoms with E-state index in [1.807, 2.05) is 17.8 Å². The van der Waals surface area contributed by atoms with Gasteiger partial charge in [-0.15, -0.1) is 11.3 Å². The molecule has 1 atom stereocenters. The first kappa shape index (κ1) is 11.8. The first-order valence-electron chi connectivity index (χ1n) is 5.92. The van der Waals surface area contributed by atoms with E-state index >= 15 is 0 Å². The first-order chi connectivity index (χ1) is 8.76. The Hall–Kier alpha value is -1.24. The van der Waals surface area contributed by atoms with Crippen LogP contribution in [0, 0.1) is 6.92 Å². The average molecular weight is 265 g/mol. The highest BCUT2D eigenvalue weighted by Crippen LogP contribution is 2.25. The molecule has 0 saturated heterocycles. The molecule has 0 amide bonds. The number of fused-ring (bicyclic) bond motifs is 1. The minimum atomic E-state index is 0.0553. The topological polar surface area (TPSA) is 60.2 Å². The van der Waals surface area contributed by atoms with Crippen molar-refractivity contribution in [1.82, 2.24) is 14.8 Å². The average Bonchev–Trinajstić information content (AvgIpc) is 2.94. The molecule has 3 heterocycles. The molecule has 6 heteroatoms. The van der Waals surface area contributed by atoms with Gasteiger partial charge in [0.15, 0.2) is 0 Å². The third kappa shape index (κ3) is 2.19. The molecule has 3 rings (SSSR count). The summed E-state index contributed by atoms with van der Waals surface area (Å²) in [7, 11) is 0. The van der Waals surface area contributed by atoms with E-state index in [-0.39, 0.29) is 12.5 Å². The van der Waals surface area contributed by atoms with Gasteiger partial charge in [0.05, 0.1) is 42.8 Å². The van der Waals surface area contributed by atoms with Crippen molar-refractivity contribution >= 4 is 11.3 Å². The van der Waals surface area contributed by atoms with Crippen molar-refractivity contribution in [3.63, 3.8) is 0 Å². The lowest BCUT2D eigenvalue weighted by atomic mass is 10.00. The second-order valence-electron chi connectivity index (χ2n) is 4.48. The van der Waals surface area contributed by atoms with E-state index in [1.54, 1.807) is 11.3 Å². The Bertz CT molecular complexity index is 549. The van der Waals surface area contributed by atoms with Crippen LogP contribution in [0.25, 0.3) is 0 Å². The quantitative estimate of drug-likeness (QED) is 0.909. The van der Waals surface area contributed by atoms with Crippen molar-refractivity contribution in [2.75, 3.05) is 13.2 Å². The predicted octanol–water partition coefficient (Wildman–Crippen LogP) is 1.30. The second kappa shape index (κ2) is 4.79. The summed E-state index contributed by atoms with van der Waals surface area (Å²) in [4.78, 5) is 4.43. The number of rotatable bonds is 3. The van der Waals surface area contributed by atoms with Crippen LogP contribution in [-0.4, -0.2) is 33.1 Å². The predicted molar refractivity (Wildman–Crippen MR) is 67.7 cm³/mol. The van der Waals surface area contributed by atoms with E-state index in [1.165, 1.54) is 0 Å². The highest BCUT2D eigenvalue weighted by atomic mass is 32.1. The van der Waals surface area contributed by atoms with Crippen molar-refractivity contribution in [2.24, 2.45) is 0 Å². The van der Waals surface area contributed by atoms with Crippen LogP contribution in [0.15, 0.2) is 11.6 Å². The van der Waals surface area contributed by atoms with Crippen LogP contribution in [0.2, 0.25) is 0 Å². The van der Waals surface area contributed by atoms with E-state index < -0.39 is 0 Å². The SMILES string of the molecule is Cc1nc(Cn2cc3c(n2)COC[C@H]3CO)cs1. The van der Waals surface area contributed by atoms with Gasteiger partial charge in [0.1, 0.15) is 0 Å². The van der Waals surface area contributed by atoms with Crippen LogP contribution in [-0.2, 0) is 17.9 Å². The van der Waals surface area contributed by atoms with Crippen molar-refractivity contribution < 1.29 is 9.84 Å². The lowest BCUT2D eigenvalue weighted by Gasteiger charge is -2.19. The molecular formula is C12H15N3O2S. The fourth-order valence-electron chi connectivity index (χ4n) is 2.20. The van der Waals surface area contributed by atoms with Gasteiger partial charge in [-0.1, -0.05) is 0 Å². The summed E-state index contributed by atoms with van der Waals surface area (Å²) < 4.78 is 7.30. The molecule has 0 saturated carbocycles. The summed E-state index contributed by atoms with van der Waals surface area (Å²) in [6.07, 6.45) is 2.01. The van der Waals surface area contributed by atoms with Crippen molar-refractivity contribution in [3.8, 4) is 0 Å². The zero-order valence-electron chi connectivity index (χ0n) is 10.2. The van der Waals surface area contributed by atoms with Crippen LogP contribution in [0.4, 0.5) is 0 Å². The standard InChI is InChI=1S/C12H15N3O2S/c1-8-13-10(7-18-8)2-15-3-11-9(4-16)5-17-6-12(11)14-15/h3,7,9,16H,2,4-6H2,1H3/t9-/m1/s1. The second-order valence-corrected chi connectivity index (χ2v) is 5.54. The Kier molecular flexibility index (Phi) is 3.15. The van der Waals surface area contributed by atoms with Crippen molar-refractivity contribution in [1.29, 1.82) is 0 Å². The van der Waals surface area contributed by atoms with E-state index in [4.69, 9.17) is 4.74 Å². The number of aliphatic hydroxyl groups is 1. The van der Waals surface area contributed by atoms with Gasteiger partial charge in [-0.25, -0.2) is 4.98 Å². The molecule has 0 radical (unpaired) electrons. The first-order valence-corrected chi connectivity index (χ1v) is 6.80. The Labute approximate surface area is 109 Å². The maximum Gasteiger partial charge on any atom is 0.0918 e. The summed E-state index contributed by atoms with van der Waals surface area (Å²) >= 11 is 1.65. The number of nitrogens with zero attached hydrogens (tertiary/aromatic N) is 3. The summed E-state index contributed by atoms with van der Waals surface area (Å²) in [6, 6.07) is 0. The van der Waals surface area contributed by atoms with Crippen LogP contribution in [0.5, 0.6) is 0 Å². The lowest BCUT2D eigenvalue weighted by Crippen LogP contribution is -2.18. The Morgan fingerprint density at radius 3 is 3.22 bits per heavy atom. The molecule has 1 aliphatic heterocycles. The highest BCUT2D eigenvalue weighted by molar-refractivity contribution is 7.09. The minimum absolute atomic E-state index is 0.0553. The Balaban J connectivity index is 1.84. The van der Waals surface area contributed by atoms with Gasteiger partial charge < -0.3 is 9.84 Å². The third-order valence-corrected chi connectivity index (χ3v) is 3.90. The zero-order chi connectivity index (χ0) is 12.5. The Morgan fingerprint density at radius 2 is 2.50 bits per heavy atom. The smallest absolute Gasteiger partial charge is 0.0918 e. The van der Waals surface area contributed by atoms with Gasteiger partial charge in [-0.05, 0) is 6.92 Å². The third-order valence-electron chi connectivity index (χ3n) is 3.08. The van der Waals surface area contributed by atoms with Gasteiger partial charge in [0, 0.05) is 23.1 Å². The summed E-state index contributed by atoms with van der Waals surface area (Å²) in [5.74, 6) is 0.0553. The van der Waals surface area contributed by atoms with E-state index in [0.717, 1.165) is 22.0 Å². The molecule has 0 spiro atoms. The summed E-state index contributed by atoms with van der Waals surface area (Å²) in [6.45, 7) is 3.89. The number of hydrogen-bond acceptors (Lipinski definition) is 5. The molecule has 2 aromatic rings. The molecule has 0 aromatic carbocycles. The van der Waals surface area contributed by atoms with Gasteiger partial charge in [0.25, 0.3) is 0 Å². The normalized spacial score (nSPS) is 18.9. The highest BCUT2D eigenvalue weighted by Gasteiger charge is 2.23. The molecule has 0 bridgehead atoms. The van der Waals surface area contributed by atoms with Crippen molar-refractivity contribution in [2.45, 2.75) is 26.0 Å². The van der Waals surface area contributed by atoms with Gasteiger partial charge in [-0.2, -0.15) is 5.10 Å². The van der Waals surface area contributed by atoms with Crippen LogP contribution < -0.4 is 0 Å². The maximum absolute atomic E-state index is 9.31. The lowest BCUT2D eigenvalue weighted by molar-refractivity contribution is 0.0702. The molecule has 1 N–H and O–H groups in total. The molecular weight excluding hydrogens is 250 g/mol. The van der Waals surface area contributed by atoms with Crippen molar-refractivity contribution in [3.05, 3.63) is 33.5 Å². The number of aryl methyl sites for hydroxylation is 1. The fourth-order valence-corrected chi connectivity index (χ4v) is 2.80. The number of hydrogen-bond donors (Lipinski definition) is 1. The Morgan fingerprint density at radius 1 is 1.61 bits per heavy atom. The minimum Gasteiger partial charge on any atom is -0.396 e. The molecule has 18 heavy (non-hydrogen) atoms. The molecule has 0 fully saturated rings. The van der Waals surface area contributed by atoms with Gasteiger partial charge in [-0.3, -0.25) is 4.68 Å². The number of aliphatic hydroxyl groups excluding tert-OH is 1. The summed E-state index contributed by atoms with van der Waals surface area (Å²) in [5.41, 5.74) is 3.07. The molecule has 5 nitrogen and oxygen atoms in total. The number of thiazole rings is 1. The molecule has 1 aliphatic rings. The van der Waals surface area contributed by atoms with E-state index in [2.05, 4.69) is 15.5 Å². The number of ether oxygens (including phenoxy) is 1. The van der Waals surface area contributed by atoms with Crippen LogP contribution >= 0.6 is 11.3 Å². The van der Waals surface area contributed by atoms with Gasteiger partial charge in [0.2, 0.25) is 0 Å².